The van der Waals surface area contributed by atoms with Crippen LogP contribution < -0.4 is 0 Å². The molecule has 0 amide bonds. The van der Waals surface area contributed by atoms with Gasteiger partial charge in [0.25, 0.3) is 0 Å². The van der Waals surface area contributed by atoms with Crippen LogP contribution in [0.2, 0.25) is 0 Å². The minimum atomic E-state index is 0.864. The van der Waals surface area contributed by atoms with Gasteiger partial charge in [0.1, 0.15) is 6.29 Å². The summed E-state index contributed by atoms with van der Waals surface area (Å²) in [4.78, 5) is 10.9. The molecule has 1 nitrogen and oxygen atoms in total. The molecule has 0 aromatic heterocycles. The molecular formula is C19H30O. The Labute approximate surface area is 124 Å². The zero-order valence-corrected chi connectivity index (χ0v) is 13.1. The standard InChI is InChI=1S/C19H30O/c1-2-3-4-5-6-7-8-9-10-11-14-18-15-12-13-16-19(18)17-20/h12-13,15-17H,2-11,14H2,1H3. The lowest BCUT2D eigenvalue weighted by atomic mass is 10.0. The van der Waals surface area contributed by atoms with E-state index in [0.29, 0.717) is 0 Å². The number of unbranched alkanes of at least 4 members (excludes halogenated alkanes) is 9. The molecule has 0 heterocycles. The molecule has 0 bridgehead atoms. The molecule has 1 rings (SSSR count). The maximum Gasteiger partial charge on any atom is 0.150 e. The molecule has 1 heteroatoms. The summed E-state index contributed by atoms with van der Waals surface area (Å²) in [5, 5.41) is 0. The highest BCUT2D eigenvalue weighted by atomic mass is 16.1. The van der Waals surface area contributed by atoms with E-state index in [1.54, 1.807) is 0 Å². The van der Waals surface area contributed by atoms with Gasteiger partial charge in [-0.25, -0.2) is 0 Å². The van der Waals surface area contributed by atoms with Gasteiger partial charge in [-0.3, -0.25) is 4.79 Å². The Kier molecular flexibility index (Phi) is 9.91. The minimum Gasteiger partial charge on any atom is -0.298 e. The van der Waals surface area contributed by atoms with Gasteiger partial charge in [-0.1, -0.05) is 89.0 Å². The number of aldehydes is 1. The van der Waals surface area contributed by atoms with E-state index in [4.69, 9.17) is 0 Å². The van der Waals surface area contributed by atoms with Gasteiger partial charge in [0.05, 0.1) is 0 Å². The summed E-state index contributed by atoms with van der Waals surface area (Å²) >= 11 is 0. The van der Waals surface area contributed by atoms with E-state index < -0.39 is 0 Å². The fraction of sp³-hybridized carbons (Fsp3) is 0.632. The van der Waals surface area contributed by atoms with Crippen LogP contribution in [0.1, 0.15) is 87.1 Å². The first-order valence-corrected chi connectivity index (χ1v) is 8.41. The first-order chi connectivity index (χ1) is 9.88. The van der Waals surface area contributed by atoms with Gasteiger partial charge in [-0.2, -0.15) is 0 Å². The van der Waals surface area contributed by atoms with Gasteiger partial charge in [-0.15, -0.1) is 0 Å². The Morgan fingerprint density at radius 2 is 1.35 bits per heavy atom. The summed E-state index contributed by atoms with van der Waals surface area (Å²) < 4.78 is 0. The first-order valence-electron chi connectivity index (χ1n) is 8.41. The van der Waals surface area contributed by atoms with Crippen LogP contribution in [0.5, 0.6) is 0 Å². The van der Waals surface area contributed by atoms with E-state index in [2.05, 4.69) is 13.0 Å². The molecule has 0 saturated carbocycles. The third-order valence-electron chi connectivity index (χ3n) is 3.98. The third-order valence-corrected chi connectivity index (χ3v) is 3.98. The van der Waals surface area contributed by atoms with E-state index in [0.717, 1.165) is 18.3 Å². The van der Waals surface area contributed by atoms with Gasteiger partial charge < -0.3 is 0 Å². The van der Waals surface area contributed by atoms with Crippen LogP contribution in [0.25, 0.3) is 0 Å². The first kappa shape index (κ1) is 16.9. The summed E-state index contributed by atoms with van der Waals surface area (Å²) in [5.41, 5.74) is 2.07. The van der Waals surface area contributed by atoms with Crippen molar-refractivity contribution >= 4 is 6.29 Å². The highest BCUT2D eigenvalue weighted by Gasteiger charge is 2.00. The van der Waals surface area contributed by atoms with E-state index >= 15 is 0 Å². The van der Waals surface area contributed by atoms with Crippen molar-refractivity contribution in [3.05, 3.63) is 35.4 Å². The fourth-order valence-electron chi connectivity index (χ4n) is 2.68. The number of rotatable bonds is 12. The van der Waals surface area contributed by atoms with Gasteiger partial charge in [-0.05, 0) is 18.4 Å². The average molecular weight is 274 g/mol. The molecule has 0 radical (unpaired) electrons. The van der Waals surface area contributed by atoms with Crippen molar-refractivity contribution in [3.63, 3.8) is 0 Å². The normalized spacial score (nSPS) is 10.7. The van der Waals surface area contributed by atoms with Gasteiger partial charge in [0, 0.05) is 5.56 Å². The Morgan fingerprint density at radius 3 is 1.95 bits per heavy atom. The van der Waals surface area contributed by atoms with Crippen LogP contribution in [0.3, 0.4) is 0 Å². The summed E-state index contributed by atoms with van der Waals surface area (Å²) in [6, 6.07) is 7.96. The molecule has 0 aliphatic heterocycles. The maximum absolute atomic E-state index is 10.9. The number of hydrogen-bond acceptors (Lipinski definition) is 1. The SMILES string of the molecule is CCCCCCCCCCCCc1ccccc1C=O. The largest absolute Gasteiger partial charge is 0.298 e. The van der Waals surface area contributed by atoms with Crippen molar-refractivity contribution in [2.24, 2.45) is 0 Å². The molecule has 0 spiro atoms. The predicted molar refractivity (Wildman–Crippen MR) is 87.4 cm³/mol. The van der Waals surface area contributed by atoms with Crippen molar-refractivity contribution < 1.29 is 4.79 Å². The number of hydrogen-bond donors (Lipinski definition) is 0. The van der Waals surface area contributed by atoms with Gasteiger partial charge in [0.2, 0.25) is 0 Å². The van der Waals surface area contributed by atoms with Crippen molar-refractivity contribution in [1.29, 1.82) is 0 Å². The Morgan fingerprint density at radius 1 is 0.800 bits per heavy atom. The predicted octanol–water partition coefficient (Wildman–Crippen LogP) is 5.96. The van der Waals surface area contributed by atoms with Crippen LogP contribution in [0.4, 0.5) is 0 Å². The van der Waals surface area contributed by atoms with Crippen molar-refractivity contribution in [2.75, 3.05) is 0 Å². The van der Waals surface area contributed by atoms with Crippen LogP contribution in [0, 0.1) is 0 Å². The van der Waals surface area contributed by atoms with Crippen LogP contribution in [-0.4, -0.2) is 6.29 Å². The van der Waals surface area contributed by atoms with Crippen LogP contribution in [-0.2, 0) is 6.42 Å². The second-order valence-electron chi connectivity index (χ2n) is 5.75. The van der Waals surface area contributed by atoms with Crippen molar-refractivity contribution in [3.8, 4) is 0 Å². The monoisotopic (exact) mass is 274 g/mol. The molecule has 0 saturated heterocycles. The van der Waals surface area contributed by atoms with Crippen LogP contribution >= 0.6 is 0 Å². The summed E-state index contributed by atoms with van der Waals surface area (Å²) in [6.07, 6.45) is 15.6. The summed E-state index contributed by atoms with van der Waals surface area (Å²) in [6.45, 7) is 2.27. The molecular weight excluding hydrogens is 244 g/mol. The van der Waals surface area contributed by atoms with Crippen molar-refractivity contribution in [2.45, 2.75) is 77.6 Å². The molecule has 0 N–H and O–H groups in total. The molecule has 1 aromatic rings. The van der Waals surface area contributed by atoms with E-state index in [-0.39, 0.29) is 0 Å². The lowest BCUT2D eigenvalue weighted by Crippen LogP contribution is -1.92. The number of benzene rings is 1. The second kappa shape index (κ2) is 11.7. The van der Waals surface area contributed by atoms with Crippen molar-refractivity contribution in [1.82, 2.24) is 0 Å². The molecule has 1 aromatic carbocycles. The van der Waals surface area contributed by atoms with Gasteiger partial charge in [0.15, 0.2) is 0 Å². The Hall–Kier alpha value is -1.11. The fourth-order valence-corrected chi connectivity index (χ4v) is 2.68. The van der Waals surface area contributed by atoms with E-state index in [9.17, 15) is 4.79 Å². The zero-order valence-electron chi connectivity index (χ0n) is 13.1. The average Bonchev–Trinajstić information content (AvgIpc) is 2.49. The smallest absolute Gasteiger partial charge is 0.150 e. The molecule has 0 unspecified atom stereocenters. The lowest BCUT2D eigenvalue weighted by molar-refractivity contribution is 0.112. The molecule has 112 valence electrons. The third kappa shape index (κ3) is 7.47. The number of carbonyl (C=O) groups excluding carboxylic acids is 1. The summed E-state index contributed by atoms with van der Waals surface area (Å²) in [7, 11) is 0. The molecule has 0 aliphatic rings. The Bertz CT molecular complexity index is 357. The highest BCUT2D eigenvalue weighted by Crippen LogP contribution is 2.14. The minimum absolute atomic E-state index is 0.864. The molecule has 20 heavy (non-hydrogen) atoms. The van der Waals surface area contributed by atoms with Gasteiger partial charge >= 0.3 is 0 Å². The molecule has 0 aliphatic carbocycles. The highest BCUT2D eigenvalue weighted by molar-refractivity contribution is 5.77. The van der Waals surface area contributed by atoms with E-state index in [1.165, 1.54) is 69.8 Å². The van der Waals surface area contributed by atoms with E-state index in [1.807, 2.05) is 18.2 Å². The summed E-state index contributed by atoms with van der Waals surface area (Å²) in [5.74, 6) is 0. The second-order valence-corrected chi connectivity index (χ2v) is 5.75. The van der Waals surface area contributed by atoms with Crippen LogP contribution in [0.15, 0.2) is 24.3 Å². The quantitative estimate of drug-likeness (QED) is 0.339. The lowest BCUT2D eigenvalue weighted by Gasteiger charge is -2.05. The number of aryl methyl sites for hydroxylation is 1. The zero-order chi connectivity index (χ0) is 14.5. The number of carbonyl (C=O) groups is 1. The maximum atomic E-state index is 10.9. The molecule has 0 fully saturated rings. The molecule has 0 atom stereocenters. The topological polar surface area (TPSA) is 17.1 Å². The Balaban J connectivity index is 1.98.